The van der Waals surface area contributed by atoms with Gasteiger partial charge in [0.1, 0.15) is 6.54 Å². The lowest BCUT2D eigenvalue weighted by Gasteiger charge is -2.14. The summed E-state index contributed by atoms with van der Waals surface area (Å²) in [5, 5.41) is 6.77. The minimum atomic E-state index is -0.983. The average molecular weight is 373 g/mol. The second-order valence-electron chi connectivity index (χ2n) is 6.68. The Morgan fingerprint density at radius 3 is 2.78 bits per heavy atom. The summed E-state index contributed by atoms with van der Waals surface area (Å²) in [7, 11) is 0. The summed E-state index contributed by atoms with van der Waals surface area (Å²) in [6.07, 6.45) is 3.64. The molecule has 1 aliphatic rings. The number of amides is 1. The maximum Gasteiger partial charge on any atom is 0.352 e. The van der Waals surface area contributed by atoms with E-state index < -0.39 is 29.3 Å². The molecule has 27 heavy (non-hydrogen) atoms. The molecule has 2 aromatic heterocycles. The van der Waals surface area contributed by atoms with E-state index in [0.29, 0.717) is 11.5 Å². The Hall–Kier alpha value is -3.10. The van der Waals surface area contributed by atoms with E-state index >= 15 is 0 Å². The van der Waals surface area contributed by atoms with E-state index in [2.05, 4.69) is 15.4 Å². The largest absolute Gasteiger partial charge is 0.352 e. The Bertz CT molecular complexity index is 1090. The summed E-state index contributed by atoms with van der Waals surface area (Å²) >= 11 is 0. The average Bonchev–Trinajstić information content (AvgIpc) is 3.43. The zero-order valence-corrected chi connectivity index (χ0v) is 14.5. The van der Waals surface area contributed by atoms with Crippen LogP contribution in [0.25, 0.3) is 5.78 Å². The summed E-state index contributed by atoms with van der Waals surface area (Å²) in [5.74, 6) is -1.82. The maximum atomic E-state index is 13.4. The number of benzene rings is 1. The van der Waals surface area contributed by atoms with Crippen molar-refractivity contribution in [3.05, 3.63) is 63.8 Å². The number of nitrogens with zero attached hydrogens (tertiary/aromatic N) is 4. The molecule has 1 atom stereocenters. The van der Waals surface area contributed by atoms with E-state index in [0.717, 1.165) is 35.4 Å². The van der Waals surface area contributed by atoms with E-state index in [9.17, 15) is 18.4 Å². The SMILES string of the molecule is C[C@H](NC(=O)Cn1nc2nccc(C3CC3)n2c1=O)c1ccc(F)c(F)c1. The molecule has 1 amide bonds. The van der Waals surface area contributed by atoms with Crippen molar-refractivity contribution in [3.63, 3.8) is 0 Å². The summed E-state index contributed by atoms with van der Waals surface area (Å²) in [6.45, 7) is 1.35. The fraction of sp³-hybridized carbons (Fsp3) is 0.333. The van der Waals surface area contributed by atoms with Gasteiger partial charge in [-0.3, -0.25) is 4.79 Å². The highest BCUT2D eigenvalue weighted by Gasteiger charge is 2.28. The van der Waals surface area contributed by atoms with E-state index in [-0.39, 0.29) is 12.3 Å². The molecule has 2 heterocycles. The molecule has 1 aliphatic carbocycles. The van der Waals surface area contributed by atoms with E-state index in [1.165, 1.54) is 10.5 Å². The number of halogens is 2. The molecule has 0 aliphatic heterocycles. The van der Waals surface area contributed by atoms with Crippen LogP contribution in [0.1, 0.15) is 43.0 Å². The van der Waals surface area contributed by atoms with Gasteiger partial charge in [-0.1, -0.05) is 6.07 Å². The van der Waals surface area contributed by atoms with Crippen molar-refractivity contribution in [2.75, 3.05) is 0 Å². The predicted octanol–water partition coefficient (Wildman–Crippen LogP) is 1.92. The maximum absolute atomic E-state index is 13.4. The van der Waals surface area contributed by atoms with Gasteiger partial charge in [-0.05, 0) is 49.4 Å². The zero-order chi connectivity index (χ0) is 19.1. The van der Waals surface area contributed by atoms with Crippen LogP contribution < -0.4 is 11.0 Å². The lowest BCUT2D eigenvalue weighted by atomic mass is 10.1. The number of fused-ring (bicyclic) bond motifs is 1. The summed E-state index contributed by atoms with van der Waals surface area (Å²) in [5.41, 5.74) is 0.852. The molecular formula is C18H17F2N5O2. The molecule has 1 N–H and O–H groups in total. The highest BCUT2D eigenvalue weighted by molar-refractivity contribution is 5.76. The quantitative estimate of drug-likeness (QED) is 0.741. The van der Waals surface area contributed by atoms with Crippen molar-refractivity contribution in [2.45, 2.75) is 38.3 Å². The molecule has 9 heteroatoms. The third kappa shape index (κ3) is 3.32. The van der Waals surface area contributed by atoms with Crippen molar-refractivity contribution in [1.29, 1.82) is 0 Å². The minimum absolute atomic E-state index is 0.255. The van der Waals surface area contributed by atoms with Crippen LogP contribution in [0.5, 0.6) is 0 Å². The Labute approximate surface area is 152 Å². The smallest absolute Gasteiger partial charge is 0.348 e. The molecule has 1 aromatic carbocycles. The van der Waals surface area contributed by atoms with Gasteiger partial charge >= 0.3 is 5.69 Å². The first-order valence-corrected chi connectivity index (χ1v) is 8.63. The topological polar surface area (TPSA) is 81.3 Å². The Morgan fingerprint density at radius 2 is 2.07 bits per heavy atom. The Balaban J connectivity index is 1.52. The summed E-state index contributed by atoms with van der Waals surface area (Å²) in [6, 6.07) is 4.67. The fourth-order valence-electron chi connectivity index (χ4n) is 3.05. The van der Waals surface area contributed by atoms with E-state index in [1.54, 1.807) is 19.2 Å². The second-order valence-corrected chi connectivity index (χ2v) is 6.68. The van der Waals surface area contributed by atoms with Crippen LogP contribution >= 0.6 is 0 Å². The first-order valence-electron chi connectivity index (χ1n) is 8.63. The lowest BCUT2D eigenvalue weighted by molar-refractivity contribution is -0.122. The highest BCUT2D eigenvalue weighted by Crippen LogP contribution is 2.39. The molecule has 0 radical (unpaired) electrons. The van der Waals surface area contributed by atoms with Crippen LogP contribution in [-0.2, 0) is 11.3 Å². The molecular weight excluding hydrogens is 356 g/mol. The molecule has 3 aromatic rings. The van der Waals surface area contributed by atoms with Crippen LogP contribution in [0.15, 0.2) is 35.3 Å². The highest BCUT2D eigenvalue weighted by atomic mass is 19.2. The van der Waals surface area contributed by atoms with E-state index in [4.69, 9.17) is 0 Å². The van der Waals surface area contributed by atoms with Crippen molar-refractivity contribution >= 4 is 11.7 Å². The van der Waals surface area contributed by atoms with Gasteiger partial charge in [0.2, 0.25) is 5.91 Å². The molecule has 4 rings (SSSR count). The van der Waals surface area contributed by atoms with Crippen molar-refractivity contribution < 1.29 is 13.6 Å². The molecule has 1 saturated carbocycles. The standard InChI is InChI=1S/C18H17F2N5O2/c1-10(12-4-5-13(19)14(20)8-12)22-16(26)9-24-18(27)25-15(11-2-3-11)6-7-21-17(25)23-24/h4-8,10-11H,2-3,9H2,1H3,(H,22,26)/t10-/m0/s1. The van der Waals surface area contributed by atoms with Crippen LogP contribution in [-0.4, -0.2) is 25.1 Å². The first-order chi connectivity index (χ1) is 12.9. The van der Waals surface area contributed by atoms with Crippen LogP contribution in [0.3, 0.4) is 0 Å². The summed E-state index contributed by atoms with van der Waals surface area (Å²) < 4.78 is 28.9. The molecule has 0 unspecified atom stereocenters. The van der Waals surface area contributed by atoms with Gasteiger partial charge in [0.15, 0.2) is 11.6 Å². The van der Waals surface area contributed by atoms with Gasteiger partial charge in [-0.25, -0.2) is 27.6 Å². The first kappa shape index (κ1) is 17.3. The van der Waals surface area contributed by atoms with Crippen molar-refractivity contribution in [2.24, 2.45) is 0 Å². The third-order valence-electron chi connectivity index (χ3n) is 4.63. The predicted molar refractivity (Wildman–Crippen MR) is 92.1 cm³/mol. The van der Waals surface area contributed by atoms with Gasteiger partial charge in [0.05, 0.1) is 6.04 Å². The molecule has 0 saturated heterocycles. The van der Waals surface area contributed by atoms with Gasteiger partial charge in [0, 0.05) is 11.9 Å². The van der Waals surface area contributed by atoms with Gasteiger partial charge in [0.25, 0.3) is 5.78 Å². The van der Waals surface area contributed by atoms with Crippen molar-refractivity contribution in [3.8, 4) is 0 Å². The normalized spacial score (nSPS) is 15.1. The zero-order valence-electron chi connectivity index (χ0n) is 14.5. The molecule has 0 spiro atoms. The fourth-order valence-corrected chi connectivity index (χ4v) is 3.05. The number of hydrogen-bond donors (Lipinski definition) is 1. The molecule has 140 valence electrons. The van der Waals surface area contributed by atoms with Gasteiger partial charge < -0.3 is 5.32 Å². The monoisotopic (exact) mass is 373 g/mol. The van der Waals surface area contributed by atoms with Crippen LogP contribution in [0, 0.1) is 11.6 Å². The number of carbonyl (C=O) groups excluding carboxylic acids is 1. The molecule has 1 fully saturated rings. The second kappa shape index (κ2) is 6.57. The molecule has 0 bridgehead atoms. The third-order valence-corrected chi connectivity index (χ3v) is 4.63. The van der Waals surface area contributed by atoms with Gasteiger partial charge in [-0.2, -0.15) is 0 Å². The van der Waals surface area contributed by atoms with Crippen LogP contribution in [0.4, 0.5) is 8.78 Å². The van der Waals surface area contributed by atoms with Crippen molar-refractivity contribution in [1.82, 2.24) is 24.5 Å². The van der Waals surface area contributed by atoms with E-state index in [1.807, 2.05) is 0 Å². The Kier molecular flexibility index (Phi) is 4.21. The van der Waals surface area contributed by atoms with Gasteiger partial charge in [-0.15, -0.1) is 5.10 Å². The van der Waals surface area contributed by atoms with Crippen LogP contribution in [0.2, 0.25) is 0 Å². The number of rotatable bonds is 5. The molecule has 7 nitrogen and oxygen atoms in total. The Morgan fingerprint density at radius 1 is 1.30 bits per heavy atom. The number of nitrogens with one attached hydrogen (secondary N) is 1. The lowest BCUT2D eigenvalue weighted by Crippen LogP contribution is -2.34. The summed E-state index contributed by atoms with van der Waals surface area (Å²) in [4.78, 5) is 29.0. The number of carbonyl (C=O) groups is 1. The minimum Gasteiger partial charge on any atom is -0.348 e. The number of hydrogen-bond acceptors (Lipinski definition) is 4. The number of aromatic nitrogens is 4.